The van der Waals surface area contributed by atoms with Crippen molar-refractivity contribution >= 4 is 23.2 Å². The van der Waals surface area contributed by atoms with Crippen LogP contribution >= 0.6 is 11.6 Å². The van der Waals surface area contributed by atoms with E-state index in [9.17, 15) is 4.79 Å². The van der Waals surface area contributed by atoms with Crippen LogP contribution in [0.2, 0.25) is 5.02 Å². The van der Waals surface area contributed by atoms with Crippen LogP contribution in [0, 0.1) is 0 Å². The number of hydrogen-bond donors (Lipinski definition) is 2. The molecule has 0 saturated heterocycles. The molecule has 0 aliphatic heterocycles. The number of halogens is 1. The number of carbonyl (C=O) groups excluding carboxylic acids is 1. The molecule has 2 N–H and O–H groups in total. The van der Waals surface area contributed by atoms with Gasteiger partial charge in [-0.1, -0.05) is 24.9 Å². The molecule has 0 aromatic heterocycles. The van der Waals surface area contributed by atoms with E-state index >= 15 is 0 Å². The summed E-state index contributed by atoms with van der Waals surface area (Å²) in [5.74, 6) is 0.493. The van der Waals surface area contributed by atoms with Gasteiger partial charge >= 0.3 is 0 Å². The van der Waals surface area contributed by atoms with Crippen molar-refractivity contribution in [2.24, 2.45) is 0 Å². The van der Waals surface area contributed by atoms with Crippen LogP contribution in [-0.4, -0.2) is 26.1 Å². The number of methoxy groups -OCH3 is 1. The molecule has 1 amide bonds. The summed E-state index contributed by atoms with van der Waals surface area (Å²) in [7, 11) is 1.55. The third-order valence-corrected chi connectivity index (χ3v) is 2.66. The predicted molar refractivity (Wildman–Crippen MR) is 74.4 cm³/mol. The highest BCUT2D eigenvalue weighted by Gasteiger charge is 2.07. The zero-order valence-electron chi connectivity index (χ0n) is 10.8. The van der Waals surface area contributed by atoms with E-state index in [0.29, 0.717) is 16.5 Å². The van der Waals surface area contributed by atoms with Gasteiger partial charge in [0, 0.05) is 5.02 Å². The average molecular weight is 271 g/mol. The molecule has 0 aliphatic carbocycles. The van der Waals surface area contributed by atoms with Gasteiger partial charge in [-0.15, -0.1) is 0 Å². The van der Waals surface area contributed by atoms with Gasteiger partial charge in [0.15, 0.2) is 0 Å². The molecule has 18 heavy (non-hydrogen) atoms. The summed E-state index contributed by atoms with van der Waals surface area (Å²) in [4.78, 5) is 11.7. The van der Waals surface area contributed by atoms with Crippen LogP contribution in [0.25, 0.3) is 0 Å². The summed E-state index contributed by atoms with van der Waals surface area (Å²) >= 11 is 5.88. The van der Waals surface area contributed by atoms with E-state index in [1.54, 1.807) is 25.3 Å². The topological polar surface area (TPSA) is 50.4 Å². The highest BCUT2D eigenvalue weighted by atomic mass is 35.5. The number of ether oxygens (including phenoxy) is 1. The normalized spacial score (nSPS) is 10.2. The molecular formula is C13H19ClN2O2. The van der Waals surface area contributed by atoms with Crippen LogP contribution in [0.4, 0.5) is 5.69 Å². The van der Waals surface area contributed by atoms with Crippen LogP contribution in [0.15, 0.2) is 18.2 Å². The third-order valence-electron chi connectivity index (χ3n) is 2.43. The number of carbonyl (C=O) groups is 1. The first-order valence-electron chi connectivity index (χ1n) is 6.01. The Balaban J connectivity index is 2.50. The van der Waals surface area contributed by atoms with Crippen molar-refractivity contribution in [3.63, 3.8) is 0 Å². The van der Waals surface area contributed by atoms with Crippen LogP contribution in [0.3, 0.4) is 0 Å². The maximum atomic E-state index is 11.7. The smallest absolute Gasteiger partial charge is 0.238 e. The molecule has 0 fully saturated rings. The Morgan fingerprint density at radius 1 is 1.44 bits per heavy atom. The Morgan fingerprint density at radius 2 is 2.22 bits per heavy atom. The molecule has 0 unspecified atom stereocenters. The van der Waals surface area contributed by atoms with Gasteiger partial charge < -0.3 is 15.4 Å². The van der Waals surface area contributed by atoms with Gasteiger partial charge in [-0.05, 0) is 31.2 Å². The number of hydrogen-bond acceptors (Lipinski definition) is 3. The highest BCUT2D eigenvalue weighted by molar-refractivity contribution is 6.31. The quantitative estimate of drug-likeness (QED) is 0.749. The third kappa shape index (κ3) is 4.94. The molecule has 4 nitrogen and oxygen atoms in total. The number of rotatable bonds is 7. The van der Waals surface area contributed by atoms with Crippen molar-refractivity contribution in [3.8, 4) is 5.75 Å². The molecule has 0 spiro atoms. The number of anilines is 1. The lowest BCUT2D eigenvalue weighted by Gasteiger charge is -2.10. The molecule has 0 heterocycles. The van der Waals surface area contributed by atoms with Crippen LogP contribution in [0.5, 0.6) is 5.75 Å². The second-order valence-corrected chi connectivity index (χ2v) is 4.36. The van der Waals surface area contributed by atoms with Gasteiger partial charge in [0.2, 0.25) is 5.91 Å². The van der Waals surface area contributed by atoms with Crippen molar-refractivity contribution in [3.05, 3.63) is 23.2 Å². The summed E-state index contributed by atoms with van der Waals surface area (Å²) in [6.45, 7) is 3.24. The predicted octanol–water partition coefficient (Wildman–Crippen LogP) is 2.68. The van der Waals surface area contributed by atoms with Gasteiger partial charge in [0.25, 0.3) is 0 Å². The Morgan fingerprint density at radius 3 is 2.89 bits per heavy atom. The lowest BCUT2D eigenvalue weighted by atomic mass is 10.3. The minimum atomic E-state index is -0.105. The van der Waals surface area contributed by atoms with E-state index in [1.807, 2.05) is 0 Å². The Kier molecular flexibility index (Phi) is 6.54. The summed E-state index contributed by atoms with van der Waals surface area (Å²) in [5, 5.41) is 6.40. The number of nitrogens with one attached hydrogen (secondary N) is 2. The first-order chi connectivity index (χ1) is 8.67. The van der Waals surface area contributed by atoms with E-state index in [4.69, 9.17) is 16.3 Å². The molecule has 0 aliphatic rings. The number of benzene rings is 1. The fourth-order valence-electron chi connectivity index (χ4n) is 1.48. The first kappa shape index (κ1) is 14.8. The van der Waals surface area contributed by atoms with E-state index in [1.165, 1.54) is 0 Å². The number of unbranched alkanes of at least 4 members (excludes halogenated alkanes) is 1. The Bertz CT molecular complexity index is 397. The largest absolute Gasteiger partial charge is 0.495 e. The Hall–Kier alpha value is -1.26. The lowest BCUT2D eigenvalue weighted by Crippen LogP contribution is -2.28. The summed E-state index contributed by atoms with van der Waals surface area (Å²) in [6.07, 6.45) is 2.17. The standard InChI is InChI=1S/C13H19ClN2O2/c1-3-4-7-15-9-13(17)16-11-8-10(14)5-6-12(11)18-2/h5-6,8,15H,3-4,7,9H2,1-2H3,(H,16,17). The van der Waals surface area contributed by atoms with Crippen molar-refractivity contribution < 1.29 is 9.53 Å². The second kappa shape index (κ2) is 7.95. The zero-order valence-corrected chi connectivity index (χ0v) is 11.5. The van der Waals surface area contributed by atoms with Crippen LogP contribution in [0.1, 0.15) is 19.8 Å². The molecule has 0 atom stereocenters. The second-order valence-electron chi connectivity index (χ2n) is 3.92. The molecular weight excluding hydrogens is 252 g/mol. The zero-order chi connectivity index (χ0) is 13.4. The van der Waals surface area contributed by atoms with Crippen molar-refractivity contribution in [1.29, 1.82) is 0 Å². The fraction of sp³-hybridized carbons (Fsp3) is 0.462. The minimum absolute atomic E-state index is 0.105. The van der Waals surface area contributed by atoms with Crippen LogP contribution < -0.4 is 15.4 Å². The fourth-order valence-corrected chi connectivity index (χ4v) is 1.65. The van der Waals surface area contributed by atoms with Gasteiger partial charge in [-0.3, -0.25) is 4.79 Å². The highest BCUT2D eigenvalue weighted by Crippen LogP contribution is 2.27. The average Bonchev–Trinajstić information content (AvgIpc) is 2.35. The maximum absolute atomic E-state index is 11.7. The van der Waals surface area contributed by atoms with Crippen molar-refractivity contribution in [2.75, 3.05) is 25.5 Å². The SMILES string of the molecule is CCCCNCC(=O)Nc1cc(Cl)ccc1OC. The summed E-state index contributed by atoms with van der Waals surface area (Å²) < 4.78 is 5.15. The monoisotopic (exact) mass is 270 g/mol. The lowest BCUT2D eigenvalue weighted by molar-refractivity contribution is -0.115. The molecule has 0 saturated carbocycles. The van der Waals surface area contributed by atoms with Crippen molar-refractivity contribution in [1.82, 2.24) is 5.32 Å². The van der Waals surface area contributed by atoms with Crippen molar-refractivity contribution in [2.45, 2.75) is 19.8 Å². The summed E-state index contributed by atoms with van der Waals surface area (Å²) in [6, 6.07) is 5.11. The summed E-state index contributed by atoms with van der Waals surface area (Å²) in [5.41, 5.74) is 0.590. The van der Waals surface area contributed by atoms with Gasteiger partial charge in [0.1, 0.15) is 5.75 Å². The van der Waals surface area contributed by atoms with E-state index in [-0.39, 0.29) is 12.5 Å². The molecule has 100 valence electrons. The Labute approximate surface area is 113 Å². The van der Waals surface area contributed by atoms with Crippen LogP contribution in [-0.2, 0) is 4.79 Å². The molecule has 5 heteroatoms. The maximum Gasteiger partial charge on any atom is 0.238 e. The molecule has 0 radical (unpaired) electrons. The molecule has 1 aromatic carbocycles. The minimum Gasteiger partial charge on any atom is -0.495 e. The van der Waals surface area contributed by atoms with Gasteiger partial charge in [-0.2, -0.15) is 0 Å². The first-order valence-corrected chi connectivity index (χ1v) is 6.39. The van der Waals surface area contributed by atoms with E-state index < -0.39 is 0 Å². The molecule has 1 rings (SSSR count). The number of amides is 1. The van der Waals surface area contributed by atoms with E-state index in [0.717, 1.165) is 19.4 Å². The van der Waals surface area contributed by atoms with Gasteiger partial charge in [0.05, 0.1) is 19.3 Å². The molecule has 1 aromatic rings. The van der Waals surface area contributed by atoms with E-state index in [2.05, 4.69) is 17.6 Å². The molecule has 0 bridgehead atoms. The van der Waals surface area contributed by atoms with Gasteiger partial charge in [-0.25, -0.2) is 0 Å².